The molecular formula is C22H22N2O5S. The van der Waals surface area contributed by atoms with Crippen molar-refractivity contribution in [2.75, 3.05) is 11.4 Å². The standard InChI is InChI=1S/C22H22N2O5S/c1-16-5-4-6-18(15-16)17(2)23(19-7-11-21(29-3)12-8-19)30(27,28)22-13-9-20(10-14-22)24(25)26/h4-15,17H,1-3H3/t17-/m1/s1. The molecule has 0 amide bonds. The molecule has 156 valence electrons. The van der Waals surface area contributed by atoms with E-state index in [1.165, 1.54) is 35.7 Å². The lowest BCUT2D eigenvalue weighted by atomic mass is 10.1. The van der Waals surface area contributed by atoms with Crippen LogP contribution in [0.1, 0.15) is 24.1 Å². The SMILES string of the molecule is COc1ccc(N([C@H](C)c2cccc(C)c2)S(=O)(=O)c2ccc([N+](=O)[O-])cc2)cc1. The number of anilines is 1. The maximum absolute atomic E-state index is 13.6. The van der Waals surface area contributed by atoms with Gasteiger partial charge in [-0.2, -0.15) is 0 Å². The van der Waals surface area contributed by atoms with Gasteiger partial charge in [-0.1, -0.05) is 29.8 Å². The average molecular weight is 426 g/mol. The molecule has 3 rings (SSSR count). The van der Waals surface area contributed by atoms with Crippen molar-refractivity contribution < 1.29 is 18.1 Å². The van der Waals surface area contributed by atoms with Gasteiger partial charge in [0, 0.05) is 12.1 Å². The van der Waals surface area contributed by atoms with Crippen LogP contribution < -0.4 is 9.04 Å². The number of nitro benzene ring substituents is 1. The van der Waals surface area contributed by atoms with Gasteiger partial charge < -0.3 is 4.74 Å². The van der Waals surface area contributed by atoms with Gasteiger partial charge in [0.25, 0.3) is 15.7 Å². The normalized spacial score (nSPS) is 12.2. The summed E-state index contributed by atoms with van der Waals surface area (Å²) in [5, 5.41) is 10.9. The summed E-state index contributed by atoms with van der Waals surface area (Å²) in [5.41, 5.74) is 2.14. The molecule has 3 aromatic rings. The molecule has 0 heterocycles. The second kappa shape index (κ2) is 8.54. The molecular weight excluding hydrogens is 404 g/mol. The molecule has 30 heavy (non-hydrogen) atoms. The second-order valence-corrected chi connectivity index (χ2v) is 8.65. The van der Waals surface area contributed by atoms with E-state index >= 15 is 0 Å². The highest BCUT2D eigenvalue weighted by molar-refractivity contribution is 7.92. The monoisotopic (exact) mass is 426 g/mol. The number of non-ortho nitro benzene ring substituents is 1. The minimum absolute atomic E-state index is 0.0246. The Morgan fingerprint density at radius 2 is 1.63 bits per heavy atom. The minimum atomic E-state index is -4.01. The van der Waals surface area contributed by atoms with Crippen molar-refractivity contribution in [2.24, 2.45) is 0 Å². The molecule has 0 aliphatic rings. The van der Waals surface area contributed by atoms with Crippen LogP contribution in [0.2, 0.25) is 0 Å². The van der Waals surface area contributed by atoms with E-state index in [0.29, 0.717) is 11.4 Å². The summed E-state index contributed by atoms with van der Waals surface area (Å²) in [6, 6.07) is 18.7. The van der Waals surface area contributed by atoms with Gasteiger partial charge in [-0.05, 0) is 55.8 Å². The molecule has 0 fully saturated rings. The van der Waals surface area contributed by atoms with Crippen molar-refractivity contribution in [2.45, 2.75) is 24.8 Å². The third kappa shape index (κ3) is 4.28. The average Bonchev–Trinajstić information content (AvgIpc) is 2.74. The molecule has 0 unspecified atom stereocenters. The zero-order chi connectivity index (χ0) is 21.9. The Hall–Kier alpha value is -3.39. The fourth-order valence-electron chi connectivity index (χ4n) is 3.22. The van der Waals surface area contributed by atoms with E-state index in [1.54, 1.807) is 24.3 Å². The van der Waals surface area contributed by atoms with Crippen LogP contribution in [0.4, 0.5) is 11.4 Å². The van der Waals surface area contributed by atoms with Crippen LogP contribution in [-0.4, -0.2) is 20.5 Å². The number of nitrogens with zero attached hydrogens (tertiary/aromatic N) is 2. The van der Waals surface area contributed by atoms with Crippen LogP contribution >= 0.6 is 0 Å². The molecule has 0 bridgehead atoms. The van der Waals surface area contributed by atoms with Crippen molar-refractivity contribution in [1.29, 1.82) is 0 Å². The number of methoxy groups -OCH3 is 1. The van der Waals surface area contributed by atoms with E-state index in [4.69, 9.17) is 4.74 Å². The van der Waals surface area contributed by atoms with Gasteiger partial charge in [0.2, 0.25) is 0 Å². The minimum Gasteiger partial charge on any atom is -0.497 e. The Labute approximate surface area is 175 Å². The maximum atomic E-state index is 13.6. The highest BCUT2D eigenvalue weighted by Gasteiger charge is 2.31. The molecule has 0 aromatic heterocycles. The summed E-state index contributed by atoms with van der Waals surface area (Å²) < 4.78 is 33.7. The van der Waals surface area contributed by atoms with Gasteiger partial charge in [0.1, 0.15) is 5.75 Å². The summed E-state index contributed by atoms with van der Waals surface area (Å²) in [6.07, 6.45) is 0. The van der Waals surface area contributed by atoms with Crippen LogP contribution in [0.5, 0.6) is 5.75 Å². The van der Waals surface area contributed by atoms with E-state index in [9.17, 15) is 18.5 Å². The molecule has 8 heteroatoms. The zero-order valence-electron chi connectivity index (χ0n) is 16.8. The number of nitro groups is 1. The van der Waals surface area contributed by atoms with Crippen LogP contribution in [0.3, 0.4) is 0 Å². The Balaban J connectivity index is 2.12. The van der Waals surface area contributed by atoms with Crippen molar-refractivity contribution in [1.82, 2.24) is 0 Å². The summed E-state index contributed by atoms with van der Waals surface area (Å²) in [6.45, 7) is 3.75. The number of benzene rings is 3. The van der Waals surface area contributed by atoms with Crippen LogP contribution in [0.25, 0.3) is 0 Å². The fraction of sp³-hybridized carbons (Fsp3) is 0.182. The lowest BCUT2D eigenvalue weighted by molar-refractivity contribution is -0.384. The van der Waals surface area contributed by atoms with E-state index in [2.05, 4.69) is 0 Å². The molecule has 0 spiro atoms. The predicted octanol–water partition coefficient (Wildman–Crippen LogP) is 4.87. The number of rotatable bonds is 7. The van der Waals surface area contributed by atoms with Gasteiger partial charge in [0.05, 0.1) is 28.7 Å². The van der Waals surface area contributed by atoms with E-state index in [0.717, 1.165) is 11.1 Å². The number of ether oxygens (including phenoxy) is 1. The summed E-state index contributed by atoms with van der Waals surface area (Å²) >= 11 is 0. The topological polar surface area (TPSA) is 89.8 Å². The quantitative estimate of drug-likeness (QED) is 0.397. The van der Waals surface area contributed by atoms with Gasteiger partial charge in [0.15, 0.2) is 0 Å². The predicted molar refractivity (Wildman–Crippen MR) is 115 cm³/mol. The van der Waals surface area contributed by atoms with Crippen molar-refractivity contribution >= 4 is 21.4 Å². The van der Waals surface area contributed by atoms with Gasteiger partial charge in [-0.15, -0.1) is 0 Å². The third-order valence-electron chi connectivity index (χ3n) is 4.81. The molecule has 7 nitrogen and oxygen atoms in total. The zero-order valence-corrected chi connectivity index (χ0v) is 17.7. The van der Waals surface area contributed by atoms with E-state index in [-0.39, 0.29) is 10.6 Å². The molecule has 3 aromatic carbocycles. The molecule has 1 atom stereocenters. The number of hydrogen-bond acceptors (Lipinski definition) is 5. The number of aryl methyl sites for hydroxylation is 1. The molecule has 0 saturated heterocycles. The summed E-state index contributed by atoms with van der Waals surface area (Å²) in [4.78, 5) is 10.3. The molecule has 0 saturated carbocycles. The van der Waals surface area contributed by atoms with Gasteiger partial charge in [-0.3, -0.25) is 14.4 Å². The maximum Gasteiger partial charge on any atom is 0.269 e. The Kier molecular flexibility index (Phi) is 6.07. The number of hydrogen-bond donors (Lipinski definition) is 0. The first-order valence-corrected chi connectivity index (χ1v) is 10.7. The lowest BCUT2D eigenvalue weighted by Crippen LogP contribution is -2.33. The van der Waals surface area contributed by atoms with Crippen molar-refractivity contribution in [3.63, 3.8) is 0 Å². The second-order valence-electron chi connectivity index (χ2n) is 6.84. The molecule has 0 N–H and O–H groups in total. The Bertz CT molecular complexity index is 1140. The summed E-state index contributed by atoms with van der Waals surface area (Å²) in [7, 11) is -2.47. The van der Waals surface area contributed by atoms with E-state index < -0.39 is 21.0 Å². The first-order valence-electron chi connectivity index (χ1n) is 9.23. The third-order valence-corrected chi connectivity index (χ3v) is 6.72. The molecule has 0 aliphatic heterocycles. The Morgan fingerprint density at radius 1 is 1.00 bits per heavy atom. The molecule has 0 aliphatic carbocycles. The van der Waals surface area contributed by atoms with Gasteiger partial charge >= 0.3 is 0 Å². The summed E-state index contributed by atoms with van der Waals surface area (Å²) in [5.74, 6) is 0.606. The lowest BCUT2D eigenvalue weighted by Gasteiger charge is -2.31. The number of sulfonamides is 1. The first kappa shape index (κ1) is 21.3. The highest BCUT2D eigenvalue weighted by Crippen LogP contribution is 2.34. The largest absolute Gasteiger partial charge is 0.497 e. The van der Waals surface area contributed by atoms with E-state index in [1.807, 2.05) is 38.1 Å². The smallest absolute Gasteiger partial charge is 0.269 e. The Morgan fingerprint density at radius 3 is 2.17 bits per heavy atom. The van der Waals surface area contributed by atoms with Crippen molar-refractivity contribution in [3.8, 4) is 5.75 Å². The first-order chi connectivity index (χ1) is 14.2. The van der Waals surface area contributed by atoms with Gasteiger partial charge in [-0.25, -0.2) is 8.42 Å². The van der Waals surface area contributed by atoms with Crippen LogP contribution in [-0.2, 0) is 10.0 Å². The fourth-order valence-corrected chi connectivity index (χ4v) is 4.86. The van der Waals surface area contributed by atoms with Crippen molar-refractivity contribution in [3.05, 3.63) is 94.0 Å². The van der Waals surface area contributed by atoms with Crippen LogP contribution in [0.15, 0.2) is 77.7 Å². The highest BCUT2D eigenvalue weighted by atomic mass is 32.2. The van der Waals surface area contributed by atoms with Crippen LogP contribution in [0, 0.1) is 17.0 Å². The molecule has 0 radical (unpaired) electrons.